The molecule has 0 bridgehead atoms. The first-order valence-electron chi connectivity index (χ1n) is 10.3. The van der Waals surface area contributed by atoms with Gasteiger partial charge in [-0.15, -0.1) is 0 Å². The number of esters is 1. The summed E-state index contributed by atoms with van der Waals surface area (Å²) < 4.78 is 4.68. The van der Waals surface area contributed by atoms with Gasteiger partial charge in [-0.3, -0.25) is 9.59 Å². The minimum Gasteiger partial charge on any atom is -0.435 e. The largest absolute Gasteiger partial charge is 0.435 e. The van der Waals surface area contributed by atoms with Crippen LogP contribution in [0.3, 0.4) is 0 Å². The summed E-state index contributed by atoms with van der Waals surface area (Å²) in [4.78, 5) is 22.8. The number of hydrogen-bond acceptors (Lipinski definition) is 5. The molecule has 1 aliphatic carbocycles. The Balaban J connectivity index is 2.34. The van der Waals surface area contributed by atoms with Crippen molar-refractivity contribution < 1.29 is 24.5 Å². The van der Waals surface area contributed by atoms with E-state index in [1.54, 1.807) is 6.08 Å². The summed E-state index contributed by atoms with van der Waals surface area (Å²) in [6, 6.07) is 0. The van der Waals surface area contributed by atoms with Gasteiger partial charge < -0.3 is 14.9 Å². The number of aliphatic hydroxyl groups excluding tert-OH is 2. The lowest BCUT2D eigenvalue weighted by atomic mass is 9.85. The third kappa shape index (κ3) is 9.87. The van der Waals surface area contributed by atoms with Crippen LogP contribution >= 0.6 is 0 Å². The van der Waals surface area contributed by atoms with Crippen LogP contribution in [0.4, 0.5) is 0 Å². The van der Waals surface area contributed by atoms with E-state index in [-0.39, 0.29) is 36.1 Å². The molecule has 4 atom stereocenters. The molecule has 0 spiro atoms. The van der Waals surface area contributed by atoms with Gasteiger partial charge in [-0.25, -0.2) is 0 Å². The first-order valence-corrected chi connectivity index (χ1v) is 10.3. The molecule has 1 saturated carbocycles. The highest BCUT2D eigenvalue weighted by molar-refractivity contribution is 5.84. The van der Waals surface area contributed by atoms with Crippen LogP contribution < -0.4 is 0 Å². The fourth-order valence-electron chi connectivity index (χ4n) is 3.75. The Morgan fingerprint density at radius 3 is 2.70 bits per heavy atom. The van der Waals surface area contributed by atoms with Crippen molar-refractivity contribution >= 4 is 11.8 Å². The predicted octanol–water partition coefficient (Wildman–Crippen LogP) is 4.08. The van der Waals surface area contributed by atoms with Crippen LogP contribution in [-0.2, 0) is 14.3 Å². The fraction of sp³-hybridized carbons (Fsp3) is 0.727. The van der Waals surface area contributed by atoms with Crippen LogP contribution in [0.1, 0.15) is 78.1 Å². The standard InChI is InChI=1S/C22H36O5/c1-3-4-8-11-18(24)13-14-20-19(21(25)16-22(20)26)12-9-6-5-7-10-15-27-17(2)23/h5,7,10,15,18-20,22,24,26H,3-4,6,8-9,11-14,16H2,1-2H3/b7-5+,15-10+/t18-,19+,20+,22+/m0/s1. The molecule has 0 saturated heterocycles. The molecular weight excluding hydrogens is 344 g/mol. The topological polar surface area (TPSA) is 83.8 Å². The lowest BCUT2D eigenvalue weighted by Crippen LogP contribution is -2.22. The second-order valence-electron chi connectivity index (χ2n) is 7.53. The van der Waals surface area contributed by atoms with Gasteiger partial charge in [0.1, 0.15) is 5.78 Å². The van der Waals surface area contributed by atoms with Crippen LogP contribution in [0.2, 0.25) is 0 Å². The van der Waals surface area contributed by atoms with Gasteiger partial charge in [-0.2, -0.15) is 0 Å². The van der Waals surface area contributed by atoms with E-state index in [4.69, 9.17) is 0 Å². The third-order valence-electron chi connectivity index (χ3n) is 5.25. The van der Waals surface area contributed by atoms with Gasteiger partial charge >= 0.3 is 5.97 Å². The summed E-state index contributed by atoms with van der Waals surface area (Å²) in [6.45, 7) is 3.49. The zero-order valence-electron chi connectivity index (χ0n) is 16.8. The molecule has 0 aromatic carbocycles. The van der Waals surface area contributed by atoms with E-state index in [0.29, 0.717) is 12.8 Å². The quantitative estimate of drug-likeness (QED) is 0.218. The Hall–Kier alpha value is -1.46. The Morgan fingerprint density at radius 2 is 2.00 bits per heavy atom. The monoisotopic (exact) mass is 380 g/mol. The van der Waals surface area contributed by atoms with E-state index in [0.717, 1.165) is 44.9 Å². The third-order valence-corrected chi connectivity index (χ3v) is 5.25. The molecule has 27 heavy (non-hydrogen) atoms. The SMILES string of the molecule is CCCCC[C@H](O)CC[C@H]1[C@H](O)CC(=O)[C@@H]1CCC/C=C/C=C/OC(C)=O. The van der Waals surface area contributed by atoms with Gasteiger partial charge in [-0.1, -0.05) is 38.3 Å². The summed E-state index contributed by atoms with van der Waals surface area (Å²) in [5, 5.41) is 20.3. The molecule has 0 radical (unpaired) electrons. The predicted molar refractivity (Wildman–Crippen MR) is 106 cm³/mol. The van der Waals surface area contributed by atoms with Crippen LogP contribution in [0.15, 0.2) is 24.5 Å². The molecule has 1 rings (SSSR count). The number of aliphatic hydroxyl groups is 2. The maximum absolute atomic E-state index is 12.2. The number of ether oxygens (including phenoxy) is 1. The summed E-state index contributed by atoms with van der Waals surface area (Å²) in [6.07, 6.45) is 14.1. The highest BCUT2D eigenvalue weighted by Crippen LogP contribution is 2.36. The van der Waals surface area contributed by atoms with Crippen LogP contribution in [0.5, 0.6) is 0 Å². The van der Waals surface area contributed by atoms with Crippen molar-refractivity contribution in [2.45, 2.75) is 90.3 Å². The highest BCUT2D eigenvalue weighted by Gasteiger charge is 2.40. The van der Waals surface area contributed by atoms with Gasteiger partial charge in [0.05, 0.1) is 18.5 Å². The summed E-state index contributed by atoms with van der Waals surface area (Å²) in [7, 11) is 0. The molecule has 0 unspecified atom stereocenters. The number of carbonyl (C=O) groups excluding carboxylic acids is 2. The molecule has 5 nitrogen and oxygen atoms in total. The lowest BCUT2D eigenvalue weighted by molar-refractivity contribution is -0.135. The Morgan fingerprint density at radius 1 is 1.22 bits per heavy atom. The Kier molecular flexibility index (Phi) is 11.9. The maximum atomic E-state index is 12.2. The van der Waals surface area contributed by atoms with Crippen molar-refractivity contribution in [1.29, 1.82) is 0 Å². The number of carbonyl (C=O) groups is 2. The number of hydrogen-bond donors (Lipinski definition) is 2. The number of unbranched alkanes of at least 4 members (excludes halogenated alkanes) is 3. The van der Waals surface area contributed by atoms with Crippen LogP contribution in [0.25, 0.3) is 0 Å². The van der Waals surface area contributed by atoms with Gasteiger partial charge in [0, 0.05) is 19.3 Å². The molecular formula is C22H36O5. The van der Waals surface area contributed by atoms with Crippen LogP contribution in [-0.4, -0.2) is 34.2 Å². The second-order valence-corrected chi connectivity index (χ2v) is 7.53. The van der Waals surface area contributed by atoms with Crippen molar-refractivity contribution in [2.24, 2.45) is 11.8 Å². The van der Waals surface area contributed by atoms with Crippen molar-refractivity contribution in [3.63, 3.8) is 0 Å². The minimum atomic E-state index is -0.562. The smallest absolute Gasteiger partial charge is 0.307 e. The molecule has 2 N–H and O–H groups in total. The van der Waals surface area contributed by atoms with Gasteiger partial charge in [-0.05, 0) is 50.5 Å². The van der Waals surface area contributed by atoms with Crippen molar-refractivity contribution in [2.75, 3.05) is 0 Å². The fourth-order valence-corrected chi connectivity index (χ4v) is 3.75. The summed E-state index contributed by atoms with van der Waals surface area (Å²) >= 11 is 0. The Bertz CT molecular complexity index is 497. The van der Waals surface area contributed by atoms with E-state index in [9.17, 15) is 19.8 Å². The molecule has 0 aliphatic heterocycles. The van der Waals surface area contributed by atoms with E-state index in [2.05, 4.69) is 11.7 Å². The minimum absolute atomic E-state index is 0.0221. The van der Waals surface area contributed by atoms with Gasteiger partial charge in [0.2, 0.25) is 0 Å². The molecule has 0 aromatic heterocycles. The average molecular weight is 381 g/mol. The highest BCUT2D eigenvalue weighted by atomic mass is 16.5. The zero-order chi connectivity index (χ0) is 20.1. The van der Waals surface area contributed by atoms with Crippen molar-refractivity contribution in [1.82, 2.24) is 0 Å². The zero-order valence-corrected chi connectivity index (χ0v) is 16.8. The number of rotatable bonds is 13. The van der Waals surface area contributed by atoms with Gasteiger partial charge in [0.15, 0.2) is 0 Å². The Labute approximate surface area is 163 Å². The summed E-state index contributed by atoms with van der Waals surface area (Å²) in [5.41, 5.74) is 0. The number of ketones is 1. The first kappa shape index (κ1) is 23.6. The molecule has 0 amide bonds. The molecule has 154 valence electrons. The molecule has 5 heteroatoms. The normalized spacial score (nSPS) is 24.1. The van der Waals surface area contributed by atoms with Crippen molar-refractivity contribution in [3.8, 4) is 0 Å². The molecule has 0 heterocycles. The number of allylic oxidation sites excluding steroid dienone is 3. The van der Waals surface area contributed by atoms with Crippen molar-refractivity contribution in [3.05, 3.63) is 24.5 Å². The van der Waals surface area contributed by atoms with Crippen LogP contribution in [0, 0.1) is 11.8 Å². The molecule has 0 aromatic rings. The first-order chi connectivity index (χ1) is 13.0. The average Bonchev–Trinajstić information content (AvgIpc) is 2.88. The van der Waals surface area contributed by atoms with E-state index >= 15 is 0 Å². The van der Waals surface area contributed by atoms with Gasteiger partial charge in [0.25, 0.3) is 0 Å². The van der Waals surface area contributed by atoms with E-state index in [1.807, 2.05) is 12.2 Å². The van der Waals surface area contributed by atoms with E-state index < -0.39 is 6.10 Å². The number of Topliss-reactive ketones (excluding diaryl/α,β-unsaturated/α-hetero) is 1. The second kappa shape index (κ2) is 13.7. The lowest BCUT2D eigenvalue weighted by Gasteiger charge is -2.22. The molecule has 1 aliphatic rings. The summed E-state index contributed by atoms with van der Waals surface area (Å²) in [5.74, 6) is -0.301. The molecule has 1 fully saturated rings. The maximum Gasteiger partial charge on any atom is 0.307 e. The van der Waals surface area contributed by atoms with E-state index in [1.165, 1.54) is 13.2 Å².